The second-order valence-corrected chi connectivity index (χ2v) is 4.94. The summed E-state index contributed by atoms with van der Waals surface area (Å²) in [6, 6.07) is 0. The average Bonchev–Trinajstić information content (AvgIpc) is 2.76. The molecule has 0 aliphatic carbocycles. The molecule has 1 atom stereocenters. The lowest BCUT2D eigenvalue weighted by Crippen LogP contribution is -1.99. The molecule has 2 aromatic rings. The first-order valence-corrected chi connectivity index (χ1v) is 5.92. The Morgan fingerprint density at radius 2 is 2.40 bits per heavy atom. The number of halogens is 1. The zero-order valence-electron chi connectivity index (χ0n) is 8.51. The third-order valence-corrected chi connectivity index (χ3v) is 3.10. The number of nitrogens with zero attached hydrogens (tertiary/aromatic N) is 4. The minimum atomic E-state index is -0.100. The predicted octanol–water partition coefficient (Wildman–Crippen LogP) is 2.39. The van der Waals surface area contributed by atoms with Crippen LogP contribution in [-0.4, -0.2) is 20.0 Å². The van der Waals surface area contributed by atoms with Gasteiger partial charge in [0.25, 0.3) is 0 Å². The molecular formula is C9H11ClN4S. The van der Waals surface area contributed by atoms with E-state index in [1.54, 1.807) is 16.0 Å². The maximum atomic E-state index is 5.89. The van der Waals surface area contributed by atoms with Gasteiger partial charge in [-0.15, -0.1) is 28.0 Å². The highest BCUT2D eigenvalue weighted by Gasteiger charge is 2.07. The van der Waals surface area contributed by atoms with Gasteiger partial charge in [-0.05, 0) is 13.8 Å². The second-order valence-electron chi connectivity index (χ2n) is 3.34. The minimum absolute atomic E-state index is 0.100. The summed E-state index contributed by atoms with van der Waals surface area (Å²) in [6.07, 6.45) is 1.86. The van der Waals surface area contributed by atoms with Crippen molar-refractivity contribution < 1.29 is 0 Å². The summed E-state index contributed by atoms with van der Waals surface area (Å²) in [5.41, 5.74) is 1.84. The highest BCUT2D eigenvalue weighted by Crippen LogP contribution is 2.16. The number of aromatic nitrogens is 4. The number of rotatable bonds is 3. The molecule has 0 aliphatic heterocycles. The molecule has 0 saturated carbocycles. The normalized spacial score (nSPS) is 13.0. The van der Waals surface area contributed by atoms with E-state index in [1.807, 2.05) is 25.4 Å². The lowest BCUT2D eigenvalue weighted by molar-refractivity contribution is 0.646. The van der Waals surface area contributed by atoms with Gasteiger partial charge in [0.2, 0.25) is 0 Å². The molecule has 80 valence electrons. The molecule has 0 aliphatic rings. The van der Waals surface area contributed by atoms with Crippen LogP contribution in [0.15, 0.2) is 11.6 Å². The van der Waals surface area contributed by atoms with E-state index in [0.717, 1.165) is 16.4 Å². The van der Waals surface area contributed by atoms with Crippen LogP contribution in [0.2, 0.25) is 0 Å². The average molecular weight is 243 g/mol. The Hall–Kier alpha value is -0.940. The quantitative estimate of drug-likeness (QED) is 0.777. The zero-order valence-corrected chi connectivity index (χ0v) is 10.1. The Balaban J connectivity index is 2.11. The van der Waals surface area contributed by atoms with E-state index >= 15 is 0 Å². The van der Waals surface area contributed by atoms with Gasteiger partial charge in [-0.2, -0.15) is 0 Å². The third kappa shape index (κ3) is 2.54. The summed E-state index contributed by atoms with van der Waals surface area (Å²) >= 11 is 7.52. The summed E-state index contributed by atoms with van der Waals surface area (Å²) in [6.45, 7) is 4.52. The minimum Gasteiger partial charge on any atom is -0.245 e. The van der Waals surface area contributed by atoms with Gasteiger partial charge < -0.3 is 0 Å². The molecule has 0 aromatic carbocycles. The van der Waals surface area contributed by atoms with E-state index in [-0.39, 0.29) is 5.38 Å². The van der Waals surface area contributed by atoms with Crippen molar-refractivity contribution in [3.8, 4) is 0 Å². The van der Waals surface area contributed by atoms with Crippen LogP contribution in [0, 0.1) is 6.92 Å². The van der Waals surface area contributed by atoms with Gasteiger partial charge in [-0.25, -0.2) is 9.67 Å². The van der Waals surface area contributed by atoms with E-state index in [9.17, 15) is 0 Å². The zero-order chi connectivity index (χ0) is 10.8. The monoisotopic (exact) mass is 242 g/mol. The van der Waals surface area contributed by atoms with Crippen molar-refractivity contribution >= 4 is 22.9 Å². The van der Waals surface area contributed by atoms with Crippen LogP contribution in [0.4, 0.5) is 0 Å². The van der Waals surface area contributed by atoms with E-state index < -0.39 is 0 Å². The summed E-state index contributed by atoms with van der Waals surface area (Å²) in [5, 5.41) is 10.9. The van der Waals surface area contributed by atoms with Crippen LogP contribution in [0.5, 0.6) is 0 Å². The van der Waals surface area contributed by atoms with Crippen molar-refractivity contribution in [2.45, 2.75) is 25.8 Å². The number of aryl methyl sites for hydroxylation is 1. The standard InChI is InChI=1S/C9H11ClN4S/c1-6-5-15-9(11-6)4-14-3-8(7(2)10)12-13-14/h3,5,7H,4H2,1-2H3. The first-order valence-electron chi connectivity index (χ1n) is 4.60. The molecule has 1 unspecified atom stereocenters. The topological polar surface area (TPSA) is 43.6 Å². The maximum Gasteiger partial charge on any atom is 0.114 e. The number of alkyl halides is 1. The highest BCUT2D eigenvalue weighted by molar-refractivity contribution is 7.09. The van der Waals surface area contributed by atoms with Crippen molar-refractivity contribution in [1.82, 2.24) is 20.0 Å². The van der Waals surface area contributed by atoms with Crippen molar-refractivity contribution in [3.63, 3.8) is 0 Å². The van der Waals surface area contributed by atoms with Gasteiger partial charge >= 0.3 is 0 Å². The fourth-order valence-electron chi connectivity index (χ4n) is 1.19. The number of hydrogen-bond donors (Lipinski definition) is 0. The largest absolute Gasteiger partial charge is 0.245 e. The van der Waals surface area contributed by atoms with Gasteiger partial charge in [0.15, 0.2) is 0 Å². The second kappa shape index (κ2) is 4.28. The fourth-order valence-corrected chi connectivity index (χ4v) is 2.05. The summed E-state index contributed by atoms with van der Waals surface area (Å²) in [7, 11) is 0. The van der Waals surface area contributed by atoms with E-state index in [1.165, 1.54) is 0 Å². The smallest absolute Gasteiger partial charge is 0.114 e. The third-order valence-electron chi connectivity index (χ3n) is 1.93. The maximum absolute atomic E-state index is 5.89. The summed E-state index contributed by atoms with van der Waals surface area (Å²) in [5.74, 6) is 0. The van der Waals surface area contributed by atoms with Crippen molar-refractivity contribution in [2.24, 2.45) is 0 Å². The Kier molecular flexibility index (Phi) is 3.02. The lowest BCUT2D eigenvalue weighted by Gasteiger charge is -1.95. The molecule has 2 rings (SSSR count). The van der Waals surface area contributed by atoms with Crippen LogP contribution >= 0.6 is 22.9 Å². The Labute approximate surface area is 96.9 Å². The molecular weight excluding hydrogens is 232 g/mol. The van der Waals surface area contributed by atoms with Crippen LogP contribution in [-0.2, 0) is 6.54 Å². The summed E-state index contributed by atoms with van der Waals surface area (Å²) in [4.78, 5) is 4.36. The molecule has 0 N–H and O–H groups in total. The van der Waals surface area contributed by atoms with Crippen molar-refractivity contribution in [1.29, 1.82) is 0 Å². The molecule has 2 heterocycles. The Morgan fingerprint density at radius 3 is 2.93 bits per heavy atom. The van der Waals surface area contributed by atoms with Crippen molar-refractivity contribution in [3.05, 3.63) is 28.0 Å². The lowest BCUT2D eigenvalue weighted by atomic mass is 10.4. The number of thiazole rings is 1. The van der Waals surface area contributed by atoms with Crippen molar-refractivity contribution in [2.75, 3.05) is 0 Å². The Bertz CT molecular complexity index is 448. The molecule has 0 radical (unpaired) electrons. The molecule has 0 saturated heterocycles. The fraction of sp³-hybridized carbons (Fsp3) is 0.444. The molecule has 0 bridgehead atoms. The van der Waals surface area contributed by atoms with Gasteiger partial charge in [0.05, 0.1) is 18.1 Å². The molecule has 0 amide bonds. The molecule has 0 fully saturated rings. The van der Waals surface area contributed by atoms with Crippen LogP contribution in [0.1, 0.15) is 28.7 Å². The highest BCUT2D eigenvalue weighted by atomic mass is 35.5. The van der Waals surface area contributed by atoms with Gasteiger partial charge in [0.1, 0.15) is 10.7 Å². The van der Waals surface area contributed by atoms with Crippen LogP contribution in [0.3, 0.4) is 0 Å². The molecule has 0 spiro atoms. The van der Waals surface area contributed by atoms with Crippen LogP contribution < -0.4 is 0 Å². The van der Waals surface area contributed by atoms with Gasteiger partial charge in [0, 0.05) is 11.1 Å². The molecule has 4 nitrogen and oxygen atoms in total. The van der Waals surface area contributed by atoms with Gasteiger partial charge in [-0.1, -0.05) is 5.21 Å². The first-order chi connectivity index (χ1) is 7.15. The Morgan fingerprint density at radius 1 is 1.60 bits per heavy atom. The summed E-state index contributed by atoms with van der Waals surface area (Å²) < 4.78 is 1.76. The predicted molar refractivity (Wildman–Crippen MR) is 60.2 cm³/mol. The molecule has 2 aromatic heterocycles. The van der Waals surface area contributed by atoms with Crippen LogP contribution in [0.25, 0.3) is 0 Å². The molecule has 15 heavy (non-hydrogen) atoms. The van der Waals surface area contributed by atoms with E-state index in [2.05, 4.69) is 15.3 Å². The number of hydrogen-bond acceptors (Lipinski definition) is 4. The van der Waals surface area contributed by atoms with E-state index in [0.29, 0.717) is 6.54 Å². The van der Waals surface area contributed by atoms with Gasteiger partial charge in [-0.3, -0.25) is 0 Å². The molecule has 6 heteroatoms. The van der Waals surface area contributed by atoms with E-state index in [4.69, 9.17) is 11.6 Å². The first kappa shape index (κ1) is 10.6. The SMILES string of the molecule is Cc1csc(Cn2cc(C(C)Cl)nn2)n1.